The largest absolute Gasteiger partial charge is 0.573 e. The molecule has 0 saturated carbocycles. The van der Waals surface area contributed by atoms with Crippen molar-refractivity contribution in [2.45, 2.75) is 31.1 Å². The van der Waals surface area contributed by atoms with Crippen LogP contribution in [-0.2, 0) is 14.8 Å². The highest BCUT2D eigenvalue weighted by Crippen LogP contribution is 2.29. The molecule has 0 aliphatic carbocycles. The summed E-state index contributed by atoms with van der Waals surface area (Å²) in [5.41, 5.74) is 0. The van der Waals surface area contributed by atoms with Crippen molar-refractivity contribution in [2.75, 3.05) is 0 Å². The van der Waals surface area contributed by atoms with Crippen LogP contribution < -0.4 is 9.46 Å². The molecular weight excluding hydrogens is 346 g/mol. The van der Waals surface area contributed by atoms with E-state index in [0.29, 0.717) is 12.1 Å². The van der Waals surface area contributed by atoms with Crippen LogP contribution in [0.2, 0.25) is 0 Å². The van der Waals surface area contributed by atoms with Gasteiger partial charge < -0.3 is 9.84 Å². The molecule has 0 fully saturated rings. The Balaban J connectivity index is 3.24. The van der Waals surface area contributed by atoms with E-state index in [2.05, 4.69) is 4.74 Å². The Bertz CT molecular complexity index is 687. The van der Waals surface area contributed by atoms with Crippen LogP contribution in [0.4, 0.5) is 17.6 Å². The first-order valence-corrected chi connectivity index (χ1v) is 7.63. The SMILES string of the molecule is CC(C)[C@H](NS(=O)(=O)c1cccc(OC(F)(F)F)c1F)C(=O)O. The van der Waals surface area contributed by atoms with Gasteiger partial charge in [-0.3, -0.25) is 4.79 Å². The molecule has 23 heavy (non-hydrogen) atoms. The molecule has 0 aliphatic rings. The fraction of sp³-hybridized carbons (Fsp3) is 0.417. The van der Waals surface area contributed by atoms with Crippen LogP contribution in [0.25, 0.3) is 0 Å². The highest BCUT2D eigenvalue weighted by Gasteiger charge is 2.35. The Morgan fingerprint density at radius 2 is 1.87 bits per heavy atom. The first-order valence-electron chi connectivity index (χ1n) is 6.14. The zero-order chi connectivity index (χ0) is 18.0. The number of hydrogen-bond acceptors (Lipinski definition) is 4. The fourth-order valence-electron chi connectivity index (χ4n) is 1.60. The van der Waals surface area contributed by atoms with Gasteiger partial charge in [0.25, 0.3) is 0 Å². The molecule has 0 amide bonds. The molecule has 0 saturated heterocycles. The Labute approximate surface area is 129 Å². The number of sulfonamides is 1. The number of ether oxygens (including phenoxy) is 1. The molecule has 0 heterocycles. The van der Waals surface area contributed by atoms with E-state index in [-0.39, 0.29) is 0 Å². The predicted octanol–water partition coefficient (Wildman–Crippen LogP) is 2.11. The maximum atomic E-state index is 14.0. The zero-order valence-electron chi connectivity index (χ0n) is 11.9. The Kier molecular flexibility index (Phi) is 5.59. The van der Waals surface area contributed by atoms with Gasteiger partial charge in [0.15, 0.2) is 11.6 Å². The van der Waals surface area contributed by atoms with Crippen molar-refractivity contribution < 1.29 is 40.6 Å². The number of alkyl halides is 3. The lowest BCUT2D eigenvalue weighted by atomic mass is 10.1. The molecule has 0 bridgehead atoms. The quantitative estimate of drug-likeness (QED) is 0.759. The summed E-state index contributed by atoms with van der Waals surface area (Å²) in [4.78, 5) is 9.85. The van der Waals surface area contributed by atoms with E-state index in [4.69, 9.17) is 5.11 Å². The molecule has 130 valence electrons. The minimum Gasteiger partial charge on any atom is -0.480 e. The summed E-state index contributed by atoms with van der Waals surface area (Å²) >= 11 is 0. The van der Waals surface area contributed by atoms with Gasteiger partial charge in [-0.15, -0.1) is 13.2 Å². The first-order chi connectivity index (χ1) is 10.3. The van der Waals surface area contributed by atoms with Gasteiger partial charge in [-0.1, -0.05) is 19.9 Å². The van der Waals surface area contributed by atoms with Crippen LogP contribution in [0.3, 0.4) is 0 Å². The number of nitrogens with one attached hydrogen (secondary N) is 1. The normalized spacial score (nSPS) is 13.9. The lowest BCUT2D eigenvalue weighted by Gasteiger charge is -2.18. The zero-order valence-corrected chi connectivity index (χ0v) is 12.7. The second-order valence-corrected chi connectivity index (χ2v) is 6.48. The van der Waals surface area contributed by atoms with Crippen molar-refractivity contribution in [1.29, 1.82) is 0 Å². The minimum absolute atomic E-state index is 0.596. The van der Waals surface area contributed by atoms with Gasteiger partial charge in [-0.25, -0.2) is 12.8 Å². The van der Waals surface area contributed by atoms with E-state index in [1.165, 1.54) is 13.8 Å². The second kappa shape index (κ2) is 6.71. The molecule has 11 heteroatoms. The summed E-state index contributed by atoms with van der Waals surface area (Å²) in [5, 5.41) is 8.94. The maximum absolute atomic E-state index is 14.0. The number of carbonyl (C=O) groups is 1. The summed E-state index contributed by atoms with van der Waals surface area (Å²) < 4.78 is 79.6. The average Bonchev–Trinajstić information content (AvgIpc) is 2.36. The van der Waals surface area contributed by atoms with Crippen LogP contribution in [-0.4, -0.2) is 31.9 Å². The van der Waals surface area contributed by atoms with Crippen LogP contribution in [0.1, 0.15) is 13.8 Å². The van der Waals surface area contributed by atoms with Crippen LogP contribution in [0.15, 0.2) is 23.1 Å². The third-order valence-corrected chi connectivity index (χ3v) is 4.12. The Morgan fingerprint density at radius 1 is 1.30 bits per heavy atom. The second-order valence-electron chi connectivity index (χ2n) is 4.80. The number of aliphatic carboxylic acids is 1. The summed E-state index contributed by atoms with van der Waals surface area (Å²) in [6.45, 7) is 2.81. The van der Waals surface area contributed by atoms with E-state index >= 15 is 0 Å². The lowest BCUT2D eigenvalue weighted by molar-refractivity contribution is -0.275. The summed E-state index contributed by atoms with van der Waals surface area (Å²) in [6, 6.07) is 0.551. The smallest absolute Gasteiger partial charge is 0.480 e. The van der Waals surface area contributed by atoms with E-state index in [1.54, 1.807) is 4.72 Å². The molecule has 1 aromatic rings. The van der Waals surface area contributed by atoms with Crippen molar-refractivity contribution in [3.8, 4) is 5.75 Å². The molecule has 1 atom stereocenters. The van der Waals surface area contributed by atoms with Crippen molar-refractivity contribution in [3.63, 3.8) is 0 Å². The van der Waals surface area contributed by atoms with Gasteiger partial charge in [0, 0.05) is 0 Å². The average molecular weight is 359 g/mol. The molecule has 0 aliphatic heterocycles. The topological polar surface area (TPSA) is 92.7 Å². The molecule has 0 aromatic heterocycles. The van der Waals surface area contributed by atoms with Crippen LogP contribution in [0.5, 0.6) is 5.75 Å². The van der Waals surface area contributed by atoms with Gasteiger partial charge in [-0.05, 0) is 18.1 Å². The van der Waals surface area contributed by atoms with Gasteiger partial charge in [0.2, 0.25) is 10.0 Å². The number of rotatable bonds is 6. The number of carboxylic acids is 1. The monoisotopic (exact) mass is 359 g/mol. The number of carboxylic acid groups (broad SMARTS) is 1. The third-order valence-electron chi connectivity index (χ3n) is 2.66. The highest BCUT2D eigenvalue weighted by atomic mass is 32.2. The predicted molar refractivity (Wildman–Crippen MR) is 69.7 cm³/mol. The molecule has 6 nitrogen and oxygen atoms in total. The standard InChI is InChI=1S/C12H13F4NO5S/c1-6(2)10(11(18)19)17-23(20,21)8-5-3-4-7(9(8)13)22-12(14,15)16/h3-6,10,17H,1-2H3,(H,18,19)/t10-/m0/s1. The van der Waals surface area contributed by atoms with Crippen LogP contribution in [0, 0.1) is 11.7 Å². The van der Waals surface area contributed by atoms with Crippen LogP contribution >= 0.6 is 0 Å². The Morgan fingerprint density at radius 3 is 2.30 bits per heavy atom. The van der Waals surface area contributed by atoms with E-state index in [9.17, 15) is 30.8 Å². The highest BCUT2D eigenvalue weighted by molar-refractivity contribution is 7.89. The molecule has 1 rings (SSSR count). The minimum atomic E-state index is -5.21. The first kappa shape index (κ1) is 19.2. The lowest BCUT2D eigenvalue weighted by Crippen LogP contribution is -2.44. The van der Waals surface area contributed by atoms with Crippen molar-refractivity contribution in [1.82, 2.24) is 4.72 Å². The summed E-state index contributed by atoms with van der Waals surface area (Å²) in [6.07, 6.45) is -5.21. The molecule has 0 unspecified atom stereocenters. The van der Waals surface area contributed by atoms with Gasteiger partial charge in [0.1, 0.15) is 10.9 Å². The molecular formula is C12H13F4NO5S. The number of hydrogen-bond donors (Lipinski definition) is 2. The molecule has 1 aromatic carbocycles. The van der Waals surface area contributed by atoms with Crippen molar-refractivity contribution >= 4 is 16.0 Å². The van der Waals surface area contributed by atoms with Gasteiger partial charge in [0.05, 0.1) is 0 Å². The van der Waals surface area contributed by atoms with Crippen molar-refractivity contribution in [3.05, 3.63) is 24.0 Å². The van der Waals surface area contributed by atoms with Gasteiger partial charge in [-0.2, -0.15) is 4.72 Å². The van der Waals surface area contributed by atoms with E-state index in [1.807, 2.05) is 0 Å². The Hall–Kier alpha value is -1.88. The third kappa shape index (κ3) is 5.06. The summed E-state index contributed by atoms with van der Waals surface area (Å²) in [5.74, 6) is -5.30. The van der Waals surface area contributed by atoms with E-state index in [0.717, 1.165) is 6.07 Å². The molecule has 2 N–H and O–H groups in total. The molecule has 0 spiro atoms. The summed E-state index contributed by atoms with van der Waals surface area (Å²) in [7, 11) is -4.71. The number of halogens is 4. The van der Waals surface area contributed by atoms with E-state index < -0.39 is 50.8 Å². The number of benzene rings is 1. The van der Waals surface area contributed by atoms with Gasteiger partial charge >= 0.3 is 12.3 Å². The molecule has 0 radical (unpaired) electrons. The fourth-order valence-corrected chi connectivity index (χ4v) is 3.03. The van der Waals surface area contributed by atoms with Crippen molar-refractivity contribution in [2.24, 2.45) is 5.92 Å². The maximum Gasteiger partial charge on any atom is 0.573 e.